The Balaban J connectivity index is 2.03. The van der Waals surface area contributed by atoms with Crippen LogP contribution in [0.1, 0.15) is 16.7 Å². The van der Waals surface area contributed by atoms with E-state index >= 15 is 0 Å². The first-order valence-corrected chi connectivity index (χ1v) is 6.43. The minimum atomic E-state index is -0.426. The zero-order chi connectivity index (χ0) is 13.8. The van der Waals surface area contributed by atoms with Crippen LogP contribution in [0.15, 0.2) is 42.5 Å². The van der Waals surface area contributed by atoms with Crippen LogP contribution in [0.3, 0.4) is 0 Å². The zero-order valence-electron chi connectivity index (χ0n) is 10.6. The number of carbonyl (C=O) groups excluding carboxylic acids is 1. The van der Waals surface area contributed by atoms with Crippen molar-refractivity contribution in [3.63, 3.8) is 0 Å². The fraction of sp³-hybridized carbons (Fsp3) is 0.188. The highest BCUT2D eigenvalue weighted by molar-refractivity contribution is 6.30. The Labute approximate surface area is 117 Å². The largest absolute Gasteiger partial charge is 0.299 e. The van der Waals surface area contributed by atoms with Crippen molar-refractivity contribution in [3.05, 3.63) is 70.0 Å². The summed E-state index contributed by atoms with van der Waals surface area (Å²) in [5, 5.41) is 0.340. The van der Waals surface area contributed by atoms with Gasteiger partial charge in [0.1, 0.15) is 11.6 Å². The fourth-order valence-electron chi connectivity index (χ4n) is 1.87. The van der Waals surface area contributed by atoms with Crippen LogP contribution in [0, 0.1) is 12.7 Å². The molecule has 0 aliphatic heterocycles. The molecule has 0 spiro atoms. The number of carbonyl (C=O) groups is 1. The second-order valence-electron chi connectivity index (χ2n) is 4.61. The summed E-state index contributed by atoms with van der Waals surface area (Å²) in [7, 11) is 0. The molecule has 3 heteroatoms. The van der Waals surface area contributed by atoms with E-state index in [-0.39, 0.29) is 12.2 Å². The Bertz CT molecular complexity index is 590. The van der Waals surface area contributed by atoms with Crippen molar-refractivity contribution in [2.45, 2.75) is 19.8 Å². The van der Waals surface area contributed by atoms with Gasteiger partial charge in [-0.05, 0) is 30.2 Å². The Hall–Kier alpha value is -1.67. The molecular weight excluding hydrogens is 263 g/mol. The number of benzene rings is 2. The van der Waals surface area contributed by atoms with Gasteiger partial charge >= 0.3 is 0 Å². The van der Waals surface area contributed by atoms with E-state index in [9.17, 15) is 9.18 Å². The smallest absolute Gasteiger partial charge is 0.141 e. The molecule has 0 atom stereocenters. The van der Waals surface area contributed by atoms with E-state index in [4.69, 9.17) is 11.6 Å². The first-order chi connectivity index (χ1) is 9.04. The molecule has 0 aromatic heterocycles. The third-order valence-corrected chi connectivity index (χ3v) is 3.16. The maximum atomic E-state index is 13.6. The Morgan fingerprint density at radius 3 is 2.42 bits per heavy atom. The molecule has 2 rings (SSSR count). The Morgan fingerprint density at radius 2 is 1.79 bits per heavy atom. The van der Waals surface area contributed by atoms with Crippen molar-refractivity contribution in [2.75, 3.05) is 0 Å². The van der Waals surface area contributed by atoms with Gasteiger partial charge < -0.3 is 0 Å². The number of rotatable bonds is 4. The van der Waals surface area contributed by atoms with Crippen molar-refractivity contribution in [1.29, 1.82) is 0 Å². The van der Waals surface area contributed by atoms with Crippen LogP contribution >= 0.6 is 11.6 Å². The maximum absolute atomic E-state index is 13.6. The molecule has 0 amide bonds. The van der Waals surface area contributed by atoms with Gasteiger partial charge in [0.2, 0.25) is 0 Å². The molecule has 0 unspecified atom stereocenters. The third kappa shape index (κ3) is 3.90. The van der Waals surface area contributed by atoms with E-state index in [1.165, 1.54) is 6.07 Å². The van der Waals surface area contributed by atoms with Crippen LogP contribution in [0.2, 0.25) is 5.02 Å². The lowest BCUT2D eigenvalue weighted by atomic mass is 10.0. The minimum absolute atomic E-state index is 0.00919. The van der Waals surface area contributed by atoms with Crippen molar-refractivity contribution < 1.29 is 9.18 Å². The molecular formula is C16H14ClFO. The van der Waals surface area contributed by atoms with Crippen LogP contribution in [0.4, 0.5) is 4.39 Å². The summed E-state index contributed by atoms with van der Waals surface area (Å²) in [5.41, 5.74) is 2.49. The van der Waals surface area contributed by atoms with Crippen molar-refractivity contribution >= 4 is 17.4 Å². The molecule has 0 bridgehead atoms. The average Bonchev–Trinajstić information content (AvgIpc) is 2.36. The standard InChI is InChI=1S/C16H14ClFO/c1-11-2-4-12(5-3-11)8-15(19)9-13-6-7-14(17)10-16(13)18/h2-7,10H,8-9H2,1H3. The topological polar surface area (TPSA) is 17.1 Å². The summed E-state index contributed by atoms with van der Waals surface area (Å²) in [6.45, 7) is 1.99. The summed E-state index contributed by atoms with van der Waals surface area (Å²) in [6.07, 6.45) is 0.416. The van der Waals surface area contributed by atoms with E-state index in [0.29, 0.717) is 17.0 Å². The van der Waals surface area contributed by atoms with Gasteiger partial charge in [0.05, 0.1) is 0 Å². The highest BCUT2D eigenvalue weighted by atomic mass is 35.5. The summed E-state index contributed by atoms with van der Waals surface area (Å²) >= 11 is 5.67. The molecule has 0 radical (unpaired) electrons. The number of hydrogen-bond donors (Lipinski definition) is 0. The predicted octanol–water partition coefficient (Wildman–Crippen LogP) is 4.14. The fourth-order valence-corrected chi connectivity index (χ4v) is 2.03. The molecule has 2 aromatic rings. The molecule has 0 aliphatic carbocycles. The quantitative estimate of drug-likeness (QED) is 0.820. The monoisotopic (exact) mass is 276 g/mol. The molecule has 0 N–H and O–H groups in total. The summed E-state index contributed by atoms with van der Waals surface area (Å²) in [4.78, 5) is 11.9. The van der Waals surface area contributed by atoms with Gasteiger partial charge in [-0.25, -0.2) is 4.39 Å². The summed E-state index contributed by atoms with van der Waals surface area (Å²) < 4.78 is 13.6. The zero-order valence-corrected chi connectivity index (χ0v) is 11.4. The molecule has 1 nitrogen and oxygen atoms in total. The molecule has 0 saturated heterocycles. The highest BCUT2D eigenvalue weighted by Gasteiger charge is 2.09. The van der Waals surface area contributed by atoms with Gasteiger partial charge in [0.15, 0.2) is 0 Å². The van der Waals surface area contributed by atoms with Gasteiger partial charge in [-0.3, -0.25) is 4.79 Å². The van der Waals surface area contributed by atoms with Crippen molar-refractivity contribution in [1.82, 2.24) is 0 Å². The Kier molecular flexibility index (Phi) is 4.33. The van der Waals surface area contributed by atoms with Gasteiger partial charge in [-0.1, -0.05) is 47.5 Å². The molecule has 0 fully saturated rings. The highest BCUT2D eigenvalue weighted by Crippen LogP contribution is 2.16. The lowest BCUT2D eigenvalue weighted by Crippen LogP contribution is -2.08. The van der Waals surface area contributed by atoms with Crippen molar-refractivity contribution in [3.8, 4) is 0 Å². The maximum Gasteiger partial charge on any atom is 0.141 e. The van der Waals surface area contributed by atoms with E-state index in [1.807, 2.05) is 31.2 Å². The Morgan fingerprint density at radius 1 is 1.11 bits per heavy atom. The lowest BCUT2D eigenvalue weighted by Gasteiger charge is -2.04. The number of aryl methyl sites for hydroxylation is 1. The number of halogens is 2. The van der Waals surface area contributed by atoms with Gasteiger partial charge in [0, 0.05) is 17.9 Å². The first kappa shape index (κ1) is 13.8. The van der Waals surface area contributed by atoms with Crippen LogP contribution in [-0.2, 0) is 17.6 Å². The van der Waals surface area contributed by atoms with E-state index in [0.717, 1.165) is 11.1 Å². The lowest BCUT2D eigenvalue weighted by molar-refractivity contribution is -0.117. The molecule has 0 aliphatic rings. The number of hydrogen-bond acceptors (Lipinski definition) is 1. The van der Waals surface area contributed by atoms with Crippen LogP contribution in [-0.4, -0.2) is 5.78 Å². The molecule has 2 aromatic carbocycles. The minimum Gasteiger partial charge on any atom is -0.299 e. The van der Waals surface area contributed by atoms with Gasteiger partial charge in [0.25, 0.3) is 0 Å². The second kappa shape index (κ2) is 5.98. The first-order valence-electron chi connectivity index (χ1n) is 6.06. The SMILES string of the molecule is Cc1ccc(CC(=O)Cc2ccc(Cl)cc2F)cc1. The third-order valence-electron chi connectivity index (χ3n) is 2.92. The second-order valence-corrected chi connectivity index (χ2v) is 5.05. The van der Waals surface area contributed by atoms with Crippen LogP contribution < -0.4 is 0 Å². The summed E-state index contributed by atoms with van der Waals surface area (Å²) in [5.74, 6) is -0.435. The predicted molar refractivity (Wildman–Crippen MR) is 75.0 cm³/mol. The van der Waals surface area contributed by atoms with Gasteiger partial charge in [-0.15, -0.1) is 0 Å². The van der Waals surface area contributed by atoms with E-state index in [1.54, 1.807) is 12.1 Å². The van der Waals surface area contributed by atoms with Crippen molar-refractivity contribution in [2.24, 2.45) is 0 Å². The molecule has 19 heavy (non-hydrogen) atoms. The van der Waals surface area contributed by atoms with E-state index in [2.05, 4.69) is 0 Å². The number of Topliss-reactive ketones (excluding diaryl/α,β-unsaturated/α-hetero) is 1. The summed E-state index contributed by atoms with van der Waals surface area (Å²) in [6, 6.07) is 12.2. The van der Waals surface area contributed by atoms with Crippen LogP contribution in [0.25, 0.3) is 0 Å². The van der Waals surface area contributed by atoms with E-state index < -0.39 is 5.82 Å². The molecule has 0 saturated carbocycles. The van der Waals surface area contributed by atoms with Crippen LogP contribution in [0.5, 0.6) is 0 Å². The molecule has 0 heterocycles. The molecule has 98 valence electrons. The van der Waals surface area contributed by atoms with Gasteiger partial charge in [-0.2, -0.15) is 0 Å². The number of ketones is 1. The normalized spacial score (nSPS) is 10.5. The average molecular weight is 277 g/mol.